The van der Waals surface area contributed by atoms with Crippen molar-refractivity contribution in [2.24, 2.45) is 5.92 Å². The highest BCUT2D eigenvalue weighted by atomic mass is 16.4. The fraction of sp³-hybridized carbons (Fsp3) is 0.833. The molecule has 5 heteroatoms. The third-order valence-electron chi connectivity index (χ3n) is 3.46. The summed E-state index contributed by atoms with van der Waals surface area (Å²) >= 11 is 0. The fourth-order valence-corrected chi connectivity index (χ4v) is 2.43. The minimum atomic E-state index is -0.988. The van der Waals surface area contributed by atoms with Gasteiger partial charge in [-0.1, -0.05) is 26.2 Å². The lowest BCUT2D eigenvalue weighted by atomic mass is 9.83. The van der Waals surface area contributed by atoms with Crippen molar-refractivity contribution in [3.63, 3.8) is 0 Å². The van der Waals surface area contributed by atoms with E-state index < -0.39 is 5.97 Å². The van der Waals surface area contributed by atoms with Crippen molar-refractivity contribution in [1.29, 1.82) is 0 Å². The Bertz CT molecular complexity index is 281. The summed E-state index contributed by atoms with van der Waals surface area (Å²) in [4.78, 5) is 23.5. The van der Waals surface area contributed by atoms with Crippen molar-refractivity contribution >= 4 is 12.0 Å². The molecule has 1 saturated carbocycles. The molecule has 0 aromatic carbocycles. The van der Waals surface area contributed by atoms with Crippen LogP contribution in [-0.4, -0.2) is 41.6 Å². The summed E-state index contributed by atoms with van der Waals surface area (Å²) in [5, 5.41) is 11.6. The Kier molecular flexibility index (Phi) is 5.25. The van der Waals surface area contributed by atoms with Gasteiger partial charge in [0.25, 0.3) is 0 Å². The van der Waals surface area contributed by atoms with Crippen LogP contribution in [0.25, 0.3) is 0 Å². The highest BCUT2D eigenvalue weighted by Crippen LogP contribution is 2.26. The first-order valence-electron chi connectivity index (χ1n) is 6.28. The molecule has 1 aliphatic carbocycles. The Balaban J connectivity index is 2.45. The number of carbonyl (C=O) groups excluding carboxylic acids is 1. The van der Waals surface area contributed by atoms with E-state index in [1.807, 2.05) is 0 Å². The SMILES string of the molecule is CCC1CCCCC1NC(=O)N(C)CC(=O)O. The number of likely N-dealkylation sites (N-methyl/N-ethyl adjacent to an activating group) is 1. The summed E-state index contributed by atoms with van der Waals surface area (Å²) in [5.41, 5.74) is 0. The summed E-state index contributed by atoms with van der Waals surface area (Å²) in [6.45, 7) is 1.88. The number of nitrogens with zero attached hydrogens (tertiary/aromatic N) is 1. The average Bonchev–Trinajstić information content (AvgIpc) is 2.28. The number of carboxylic acid groups (broad SMARTS) is 1. The van der Waals surface area contributed by atoms with E-state index in [2.05, 4.69) is 12.2 Å². The summed E-state index contributed by atoms with van der Waals surface area (Å²) in [7, 11) is 1.51. The molecule has 1 rings (SSSR count). The maximum Gasteiger partial charge on any atom is 0.323 e. The summed E-state index contributed by atoms with van der Waals surface area (Å²) in [6, 6.07) is -0.0738. The van der Waals surface area contributed by atoms with Gasteiger partial charge in [0.2, 0.25) is 0 Å². The van der Waals surface area contributed by atoms with Gasteiger partial charge in [-0.25, -0.2) is 4.79 Å². The van der Waals surface area contributed by atoms with Crippen LogP contribution in [0.15, 0.2) is 0 Å². The topological polar surface area (TPSA) is 69.6 Å². The Morgan fingerprint density at radius 2 is 2.00 bits per heavy atom. The number of urea groups is 1. The van der Waals surface area contributed by atoms with Crippen LogP contribution < -0.4 is 5.32 Å². The number of nitrogens with one attached hydrogen (secondary N) is 1. The lowest BCUT2D eigenvalue weighted by Gasteiger charge is -2.32. The maximum absolute atomic E-state index is 11.8. The zero-order valence-electron chi connectivity index (χ0n) is 10.6. The number of carboxylic acids is 1. The van der Waals surface area contributed by atoms with Crippen LogP contribution >= 0.6 is 0 Å². The van der Waals surface area contributed by atoms with Crippen LogP contribution in [0.4, 0.5) is 4.79 Å². The van der Waals surface area contributed by atoms with E-state index in [1.165, 1.54) is 18.4 Å². The smallest absolute Gasteiger partial charge is 0.323 e. The van der Waals surface area contributed by atoms with Crippen molar-refractivity contribution in [2.45, 2.75) is 45.1 Å². The standard InChI is InChI=1S/C12H22N2O3/c1-3-9-6-4-5-7-10(9)13-12(17)14(2)8-11(15)16/h9-10H,3-8H2,1-2H3,(H,13,17)(H,15,16). The molecule has 0 radical (unpaired) electrons. The zero-order valence-corrected chi connectivity index (χ0v) is 10.6. The van der Waals surface area contributed by atoms with Gasteiger partial charge in [-0.2, -0.15) is 0 Å². The number of rotatable bonds is 4. The Morgan fingerprint density at radius 1 is 1.35 bits per heavy atom. The van der Waals surface area contributed by atoms with Crippen molar-refractivity contribution < 1.29 is 14.7 Å². The molecule has 1 fully saturated rings. The minimum absolute atomic E-state index is 0.206. The fourth-order valence-electron chi connectivity index (χ4n) is 2.43. The van der Waals surface area contributed by atoms with Crippen molar-refractivity contribution in [3.05, 3.63) is 0 Å². The molecular formula is C12H22N2O3. The molecule has 0 aromatic heterocycles. The van der Waals surface area contributed by atoms with E-state index in [0.717, 1.165) is 25.7 Å². The Labute approximate surface area is 102 Å². The molecule has 5 nitrogen and oxygen atoms in total. The van der Waals surface area contributed by atoms with Crippen LogP contribution in [0.2, 0.25) is 0 Å². The van der Waals surface area contributed by atoms with E-state index >= 15 is 0 Å². The molecule has 2 amide bonds. The largest absolute Gasteiger partial charge is 0.480 e. The molecule has 98 valence electrons. The first-order chi connectivity index (χ1) is 8.04. The van der Waals surface area contributed by atoms with E-state index in [0.29, 0.717) is 5.92 Å². The normalized spacial score (nSPS) is 24.1. The molecule has 0 aromatic rings. The van der Waals surface area contributed by atoms with E-state index in [1.54, 1.807) is 0 Å². The van der Waals surface area contributed by atoms with Crippen LogP contribution in [0, 0.1) is 5.92 Å². The van der Waals surface area contributed by atoms with E-state index in [4.69, 9.17) is 5.11 Å². The quantitative estimate of drug-likeness (QED) is 0.788. The minimum Gasteiger partial charge on any atom is -0.480 e. The zero-order chi connectivity index (χ0) is 12.8. The van der Waals surface area contributed by atoms with Gasteiger partial charge >= 0.3 is 12.0 Å². The highest BCUT2D eigenvalue weighted by Gasteiger charge is 2.26. The maximum atomic E-state index is 11.8. The number of aliphatic carboxylic acids is 1. The molecule has 2 atom stereocenters. The van der Waals surface area contributed by atoms with Crippen LogP contribution in [-0.2, 0) is 4.79 Å². The lowest BCUT2D eigenvalue weighted by Crippen LogP contribution is -2.48. The average molecular weight is 242 g/mol. The number of carbonyl (C=O) groups is 2. The first kappa shape index (κ1) is 13.8. The van der Waals surface area contributed by atoms with E-state index in [-0.39, 0.29) is 18.6 Å². The number of hydrogen-bond acceptors (Lipinski definition) is 2. The predicted molar refractivity (Wildman–Crippen MR) is 64.8 cm³/mol. The van der Waals surface area contributed by atoms with Crippen LogP contribution in [0.5, 0.6) is 0 Å². The van der Waals surface area contributed by atoms with Gasteiger partial charge in [0.1, 0.15) is 6.54 Å². The summed E-state index contributed by atoms with van der Waals surface area (Å²) in [6.07, 6.45) is 5.60. The molecule has 17 heavy (non-hydrogen) atoms. The van der Waals surface area contributed by atoms with E-state index in [9.17, 15) is 9.59 Å². The molecule has 0 aliphatic heterocycles. The lowest BCUT2D eigenvalue weighted by molar-refractivity contribution is -0.137. The summed E-state index contributed by atoms with van der Waals surface area (Å²) < 4.78 is 0. The number of amides is 2. The van der Waals surface area contributed by atoms with Gasteiger partial charge in [-0.05, 0) is 18.8 Å². The highest BCUT2D eigenvalue weighted by molar-refractivity contribution is 5.79. The summed E-state index contributed by atoms with van der Waals surface area (Å²) in [5.74, 6) is -0.454. The van der Waals surface area contributed by atoms with Gasteiger partial charge in [0.05, 0.1) is 0 Å². The second-order valence-corrected chi connectivity index (χ2v) is 4.76. The van der Waals surface area contributed by atoms with Crippen LogP contribution in [0.1, 0.15) is 39.0 Å². The molecule has 0 spiro atoms. The molecule has 2 N–H and O–H groups in total. The monoisotopic (exact) mass is 242 g/mol. The molecule has 2 unspecified atom stereocenters. The second-order valence-electron chi connectivity index (χ2n) is 4.76. The number of hydrogen-bond donors (Lipinski definition) is 2. The Hall–Kier alpha value is -1.26. The van der Waals surface area contributed by atoms with Crippen molar-refractivity contribution in [2.75, 3.05) is 13.6 Å². The van der Waals surface area contributed by atoms with Gasteiger partial charge in [0, 0.05) is 13.1 Å². The Morgan fingerprint density at radius 3 is 2.59 bits per heavy atom. The molecule has 1 aliphatic rings. The third kappa shape index (κ3) is 4.24. The van der Waals surface area contributed by atoms with Gasteiger partial charge < -0.3 is 15.3 Å². The van der Waals surface area contributed by atoms with Crippen molar-refractivity contribution in [3.8, 4) is 0 Å². The molecular weight excluding hydrogens is 220 g/mol. The molecule has 0 heterocycles. The third-order valence-corrected chi connectivity index (χ3v) is 3.46. The second kappa shape index (κ2) is 6.47. The van der Waals surface area contributed by atoms with Crippen LogP contribution in [0.3, 0.4) is 0 Å². The van der Waals surface area contributed by atoms with Gasteiger partial charge in [-0.15, -0.1) is 0 Å². The van der Waals surface area contributed by atoms with Gasteiger partial charge in [-0.3, -0.25) is 4.79 Å². The van der Waals surface area contributed by atoms with Crippen molar-refractivity contribution in [1.82, 2.24) is 10.2 Å². The van der Waals surface area contributed by atoms with Gasteiger partial charge in [0.15, 0.2) is 0 Å². The first-order valence-corrected chi connectivity index (χ1v) is 6.28. The molecule has 0 bridgehead atoms. The predicted octanol–water partition coefficient (Wildman–Crippen LogP) is 1.68. The molecule has 0 saturated heterocycles.